The Labute approximate surface area is 177 Å². The number of benzene rings is 1. The molecule has 2 amide bonds. The van der Waals surface area contributed by atoms with Crippen molar-refractivity contribution in [1.29, 1.82) is 0 Å². The second kappa shape index (κ2) is 7.89. The molecule has 0 N–H and O–H groups in total. The Bertz CT molecular complexity index is 776. The first-order valence-corrected chi connectivity index (χ1v) is 10.8. The van der Waals surface area contributed by atoms with Crippen LogP contribution in [0.25, 0.3) is 0 Å². The van der Waals surface area contributed by atoms with Crippen molar-refractivity contribution in [2.75, 3.05) is 60.0 Å². The van der Waals surface area contributed by atoms with Crippen molar-refractivity contribution >= 4 is 23.4 Å². The van der Waals surface area contributed by atoms with Crippen molar-refractivity contribution in [2.24, 2.45) is 10.8 Å². The number of fused-ring (bicyclic) bond motifs is 1. The number of likely N-dealkylation sites (tertiary alicyclic amines) is 3. The van der Waals surface area contributed by atoms with Crippen LogP contribution < -0.4 is 0 Å². The third kappa shape index (κ3) is 3.45. The van der Waals surface area contributed by atoms with Gasteiger partial charge in [-0.3, -0.25) is 14.5 Å². The third-order valence-corrected chi connectivity index (χ3v) is 7.63. The Morgan fingerprint density at radius 3 is 2.38 bits per heavy atom. The minimum absolute atomic E-state index is 0.0506. The standard InChI is InChI=1S/C22H30ClN3O3/c1-24-10-9-22(20(24)28)16-25(13-14-29-2)15-21(22)7-11-26(12-8-21)19(27)17-3-5-18(23)6-4-17/h3-6H,7-16H2,1-2H3. The van der Waals surface area contributed by atoms with Gasteiger partial charge in [-0.2, -0.15) is 0 Å². The van der Waals surface area contributed by atoms with Crippen molar-refractivity contribution in [3.05, 3.63) is 34.9 Å². The molecule has 1 unspecified atom stereocenters. The number of rotatable bonds is 4. The van der Waals surface area contributed by atoms with Crippen LogP contribution in [-0.2, 0) is 9.53 Å². The van der Waals surface area contributed by atoms with E-state index < -0.39 is 0 Å². The zero-order valence-corrected chi connectivity index (χ0v) is 18.1. The van der Waals surface area contributed by atoms with Gasteiger partial charge in [0, 0.05) is 69.4 Å². The largest absolute Gasteiger partial charge is 0.383 e. The van der Waals surface area contributed by atoms with Gasteiger partial charge in [-0.05, 0) is 43.5 Å². The van der Waals surface area contributed by atoms with Crippen LogP contribution in [0.3, 0.4) is 0 Å². The van der Waals surface area contributed by atoms with E-state index >= 15 is 0 Å². The van der Waals surface area contributed by atoms with E-state index in [2.05, 4.69) is 4.90 Å². The molecule has 0 aromatic heterocycles. The highest BCUT2D eigenvalue weighted by Crippen LogP contribution is 2.57. The van der Waals surface area contributed by atoms with Gasteiger partial charge in [-0.25, -0.2) is 0 Å². The molecule has 1 aromatic rings. The zero-order chi connectivity index (χ0) is 20.6. The normalized spacial score (nSPS) is 26.8. The molecule has 0 radical (unpaired) electrons. The maximum absolute atomic E-state index is 13.3. The fraction of sp³-hybridized carbons (Fsp3) is 0.636. The van der Waals surface area contributed by atoms with E-state index in [-0.39, 0.29) is 22.6 Å². The molecule has 0 aliphatic carbocycles. The Morgan fingerprint density at radius 2 is 1.79 bits per heavy atom. The molecule has 0 saturated carbocycles. The van der Waals surface area contributed by atoms with Crippen molar-refractivity contribution in [3.8, 4) is 0 Å². The first kappa shape index (κ1) is 20.6. The predicted octanol–water partition coefficient (Wildman–Crippen LogP) is 2.37. The first-order chi connectivity index (χ1) is 13.9. The maximum atomic E-state index is 13.3. The molecule has 4 rings (SSSR count). The number of halogens is 1. The fourth-order valence-corrected chi connectivity index (χ4v) is 5.81. The molecule has 158 valence electrons. The molecule has 3 saturated heterocycles. The summed E-state index contributed by atoms with van der Waals surface area (Å²) in [7, 11) is 3.64. The summed E-state index contributed by atoms with van der Waals surface area (Å²) in [6.45, 7) is 5.47. The van der Waals surface area contributed by atoms with E-state index in [4.69, 9.17) is 16.3 Å². The molecule has 6 nitrogen and oxygen atoms in total. The van der Waals surface area contributed by atoms with Crippen LogP contribution >= 0.6 is 11.6 Å². The molecule has 3 aliphatic heterocycles. The lowest BCUT2D eigenvalue weighted by molar-refractivity contribution is -0.141. The van der Waals surface area contributed by atoms with Crippen LogP contribution in [0, 0.1) is 10.8 Å². The van der Waals surface area contributed by atoms with Gasteiger partial charge >= 0.3 is 0 Å². The molecule has 29 heavy (non-hydrogen) atoms. The molecule has 1 atom stereocenters. The number of methoxy groups -OCH3 is 1. The number of hydrogen-bond acceptors (Lipinski definition) is 4. The lowest BCUT2D eigenvalue weighted by Gasteiger charge is -2.47. The quantitative estimate of drug-likeness (QED) is 0.751. The Morgan fingerprint density at radius 1 is 1.10 bits per heavy atom. The van der Waals surface area contributed by atoms with Crippen molar-refractivity contribution in [3.63, 3.8) is 0 Å². The summed E-state index contributed by atoms with van der Waals surface area (Å²) >= 11 is 5.95. The number of piperidine rings is 1. The Hall–Kier alpha value is -1.63. The second-order valence-corrected chi connectivity index (χ2v) is 9.28. The second-order valence-electron chi connectivity index (χ2n) is 8.84. The van der Waals surface area contributed by atoms with Crippen molar-refractivity contribution < 1.29 is 14.3 Å². The first-order valence-electron chi connectivity index (χ1n) is 10.4. The summed E-state index contributed by atoms with van der Waals surface area (Å²) in [6.07, 6.45) is 2.65. The van der Waals surface area contributed by atoms with Crippen LogP contribution in [0.4, 0.5) is 0 Å². The van der Waals surface area contributed by atoms with Crippen LogP contribution in [0.1, 0.15) is 29.6 Å². The SMILES string of the molecule is COCCN1CC2(CCN(C(=O)c3ccc(Cl)cc3)CC2)C2(CCN(C)C2=O)C1. The summed E-state index contributed by atoms with van der Waals surface area (Å²) in [4.78, 5) is 32.4. The fourth-order valence-electron chi connectivity index (χ4n) is 5.68. The smallest absolute Gasteiger partial charge is 0.253 e. The van der Waals surface area contributed by atoms with Crippen molar-refractivity contribution in [1.82, 2.24) is 14.7 Å². The number of amides is 2. The summed E-state index contributed by atoms with van der Waals surface area (Å²) in [5, 5.41) is 0.632. The summed E-state index contributed by atoms with van der Waals surface area (Å²) in [5.74, 6) is 0.338. The highest BCUT2D eigenvalue weighted by molar-refractivity contribution is 6.30. The number of carbonyl (C=O) groups excluding carboxylic acids is 2. The molecule has 3 fully saturated rings. The maximum Gasteiger partial charge on any atom is 0.253 e. The molecule has 3 aliphatic rings. The molecule has 7 heteroatoms. The van der Waals surface area contributed by atoms with Gasteiger partial charge in [0.05, 0.1) is 12.0 Å². The number of nitrogens with zero attached hydrogens (tertiary/aromatic N) is 3. The lowest BCUT2D eigenvalue weighted by Crippen LogP contribution is -2.53. The van der Waals surface area contributed by atoms with Gasteiger partial charge in [0.1, 0.15) is 0 Å². The topological polar surface area (TPSA) is 53.1 Å². The molecule has 3 heterocycles. The van der Waals surface area contributed by atoms with Gasteiger partial charge in [-0.15, -0.1) is 0 Å². The van der Waals surface area contributed by atoms with E-state index in [1.807, 2.05) is 16.8 Å². The van der Waals surface area contributed by atoms with Crippen LogP contribution in [0.15, 0.2) is 24.3 Å². The van der Waals surface area contributed by atoms with E-state index in [1.165, 1.54) is 0 Å². The predicted molar refractivity (Wildman–Crippen MR) is 112 cm³/mol. The summed E-state index contributed by atoms with van der Waals surface area (Å²) in [5.41, 5.74) is 0.300. The highest BCUT2D eigenvalue weighted by Gasteiger charge is 2.64. The molecular formula is C22H30ClN3O3. The van der Waals surface area contributed by atoms with Crippen LogP contribution in [-0.4, -0.2) is 86.5 Å². The molecule has 1 aromatic carbocycles. The number of ether oxygens (including phenoxy) is 1. The van der Waals surface area contributed by atoms with Crippen LogP contribution in [0.2, 0.25) is 5.02 Å². The molecule has 2 spiro atoms. The molecule has 0 bridgehead atoms. The summed E-state index contributed by atoms with van der Waals surface area (Å²) in [6, 6.07) is 7.09. The van der Waals surface area contributed by atoms with Gasteiger partial charge in [0.2, 0.25) is 5.91 Å². The molecular weight excluding hydrogens is 390 g/mol. The monoisotopic (exact) mass is 419 g/mol. The van der Waals surface area contributed by atoms with Gasteiger partial charge in [-0.1, -0.05) is 11.6 Å². The minimum Gasteiger partial charge on any atom is -0.383 e. The lowest BCUT2D eigenvalue weighted by atomic mass is 9.60. The average Bonchev–Trinajstić information content (AvgIpc) is 3.19. The summed E-state index contributed by atoms with van der Waals surface area (Å²) < 4.78 is 5.29. The Balaban J connectivity index is 1.52. The van der Waals surface area contributed by atoms with E-state index in [9.17, 15) is 9.59 Å². The van der Waals surface area contributed by atoms with Crippen LogP contribution in [0.5, 0.6) is 0 Å². The number of hydrogen-bond donors (Lipinski definition) is 0. The van der Waals surface area contributed by atoms with E-state index in [0.717, 1.165) is 45.4 Å². The average molecular weight is 420 g/mol. The Kier molecular flexibility index (Phi) is 5.62. The minimum atomic E-state index is -0.315. The van der Waals surface area contributed by atoms with E-state index in [1.54, 1.807) is 31.4 Å². The third-order valence-electron chi connectivity index (χ3n) is 7.38. The van der Waals surface area contributed by atoms with Gasteiger partial charge < -0.3 is 14.5 Å². The zero-order valence-electron chi connectivity index (χ0n) is 17.3. The van der Waals surface area contributed by atoms with Crippen molar-refractivity contribution in [2.45, 2.75) is 19.3 Å². The highest BCUT2D eigenvalue weighted by atomic mass is 35.5. The number of carbonyl (C=O) groups is 2. The van der Waals surface area contributed by atoms with Gasteiger partial charge in [0.25, 0.3) is 5.91 Å². The van der Waals surface area contributed by atoms with E-state index in [0.29, 0.717) is 30.3 Å². The van der Waals surface area contributed by atoms with Gasteiger partial charge in [0.15, 0.2) is 0 Å².